The highest BCUT2D eigenvalue weighted by molar-refractivity contribution is 5.94. The van der Waals surface area contributed by atoms with E-state index in [1.54, 1.807) is 6.20 Å². The van der Waals surface area contributed by atoms with E-state index in [2.05, 4.69) is 24.2 Å². The van der Waals surface area contributed by atoms with Crippen molar-refractivity contribution in [1.82, 2.24) is 14.7 Å². The standard InChI is InChI=1S/C23H27N3O3.CH2O2/c1-3-29-23(28)21-16(2)8-9-19-14-25(15-20(19)21)22(27)18-7-4-6-17(12-18)13-26-11-5-10-24-26;2-1-3/h4-12,16,19-21H,3,13-15H2,1-2H3;1H,(H,2,3)/t16-,19-,20-,21-;/m0./s1. The fourth-order valence-corrected chi connectivity index (χ4v) is 4.63. The number of hydrogen-bond acceptors (Lipinski definition) is 5. The van der Waals surface area contributed by atoms with Gasteiger partial charge in [-0.25, -0.2) is 0 Å². The van der Waals surface area contributed by atoms with Gasteiger partial charge in [0.15, 0.2) is 0 Å². The van der Waals surface area contributed by atoms with Gasteiger partial charge in [0.25, 0.3) is 12.4 Å². The van der Waals surface area contributed by atoms with Gasteiger partial charge in [-0.05, 0) is 48.4 Å². The Morgan fingerprint density at radius 1 is 1.25 bits per heavy atom. The lowest BCUT2D eigenvalue weighted by Crippen LogP contribution is -2.37. The van der Waals surface area contributed by atoms with Crippen molar-refractivity contribution in [2.45, 2.75) is 20.4 Å². The SMILES string of the molecule is CCOC(=O)[C@@H]1[C@H]2CN(C(=O)c3cccc(Cn4cccn4)c3)C[C@@H]2C=C[C@@H]1C.O=CO. The van der Waals surface area contributed by atoms with Gasteiger partial charge in [-0.15, -0.1) is 0 Å². The first-order valence-corrected chi connectivity index (χ1v) is 10.8. The van der Waals surface area contributed by atoms with Crippen LogP contribution in [-0.2, 0) is 20.9 Å². The number of rotatable bonds is 5. The van der Waals surface area contributed by atoms with Crippen molar-refractivity contribution in [3.05, 3.63) is 66.0 Å². The molecule has 1 fully saturated rings. The van der Waals surface area contributed by atoms with Gasteiger partial charge in [0, 0.05) is 31.0 Å². The van der Waals surface area contributed by atoms with Crippen LogP contribution in [0, 0.1) is 23.7 Å². The van der Waals surface area contributed by atoms with Gasteiger partial charge in [0.1, 0.15) is 0 Å². The molecule has 1 aliphatic carbocycles. The first kappa shape index (κ1) is 23.2. The number of benzene rings is 1. The van der Waals surface area contributed by atoms with Crippen molar-refractivity contribution < 1.29 is 24.2 Å². The molecule has 1 saturated heterocycles. The maximum absolute atomic E-state index is 13.2. The number of hydrogen-bond donors (Lipinski definition) is 1. The Hall–Kier alpha value is -3.42. The molecule has 2 aromatic rings. The Kier molecular flexibility index (Phi) is 7.81. The number of carboxylic acid groups (broad SMARTS) is 1. The monoisotopic (exact) mass is 439 g/mol. The van der Waals surface area contributed by atoms with Gasteiger partial charge in [-0.3, -0.25) is 19.1 Å². The highest BCUT2D eigenvalue weighted by Crippen LogP contribution is 2.40. The van der Waals surface area contributed by atoms with Crippen LogP contribution in [0.15, 0.2) is 54.9 Å². The number of likely N-dealkylation sites (tertiary alicyclic amines) is 1. The number of carbonyl (C=O) groups is 3. The maximum Gasteiger partial charge on any atom is 0.309 e. The number of amides is 1. The summed E-state index contributed by atoms with van der Waals surface area (Å²) in [4.78, 5) is 36.0. The molecule has 4 rings (SSSR count). The van der Waals surface area contributed by atoms with Crippen LogP contribution in [0.2, 0.25) is 0 Å². The summed E-state index contributed by atoms with van der Waals surface area (Å²) in [6.45, 7) is 5.88. The topological polar surface area (TPSA) is 102 Å². The van der Waals surface area contributed by atoms with Crippen LogP contribution in [0.3, 0.4) is 0 Å². The van der Waals surface area contributed by atoms with Crippen LogP contribution in [-0.4, -0.2) is 57.8 Å². The zero-order valence-electron chi connectivity index (χ0n) is 18.3. The minimum atomic E-state index is -0.250. The number of ether oxygens (including phenoxy) is 1. The van der Waals surface area contributed by atoms with E-state index in [1.165, 1.54) is 0 Å². The summed E-state index contributed by atoms with van der Waals surface area (Å²) in [7, 11) is 0. The second-order valence-electron chi connectivity index (χ2n) is 8.07. The molecule has 0 unspecified atom stereocenters. The van der Waals surface area contributed by atoms with E-state index in [4.69, 9.17) is 14.6 Å². The number of aromatic nitrogens is 2. The van der Waals surface area contributed by atoms with Crippen molar-refractivity contribution in [3.8, 4) is 0 Å². The molecule has 1 amide bonds. The molecule has 1 aliphatic heterocycles. The van der Waals surface area contributed by atoms with E-state index in [9.17, 15) is 9.59 Å². The third-order valence-electron chi connectivity index (χ3n) is 6.03. The predicted molar refractivity (Wildman–Crippen MR) is 118 cm³/mol. The molecular weight excluding hydrogens is 410 g/mol. The van der Waals surface area contributed by atoms with E-state index < -0.39 is 0 Å². The maximum atomic E-state index is 13.2. The second-order valence-corrected chi connectivity index (χ2v) is 8.07. The Morgan fingerprint density at radius 3 is 2.72 bits per heavy atom. The van der Waals surface area contributed by atoms with Crippen LogP contribution in [0.4, 0.5) is 0 Å². The molecule has 1 aromatic carbocycles. The lowest BCUT2D eigenvalue weighted by Gasteiger charge is -2.31. The number of carbonyl (C=O) groups excluding carboxylic acids is 2. The molecule has 2 aliphatic rings. The van der Waals surface area contributed by atoms with Crippen molar-refractivity contribution in [1.29, 1.82) is 0 Å². The molecule has 0 spiro atoms. The normalized spacial score (nSPS) is 23.6. The van der Waals surface area contributed by atoms with Gasteiger partial charge < -0.3 is 14.7 Å². The molecule has 32 heavy (non-hydrogen) atoms. The van der Waals surface area contributed by atoms with E-state index in [0.717, 1.165) is 5.56 Å². The van der Waals surface area contributed by atoms with Crippen LogP contribution >= 0.6 is 0 Å². The molecule has 1 N–H and O–H groups in total. The fourth-order valence-electron chi connectivity index (χ4n) is 4.63. The molecule has 2 heterocycles. The van der Waals surface area contributed by atoms with Crippen LogP contribution in [0.1, 0.15) is 29.8 Å². The van der Waals surface area contributed by atoms with Gasteiger partial charge >= 0.3 is 5.97 Å². The summed E-state index contributed by atoms with van der Waals surface area (Å²) in [5.74, 6) is 0.138. The third-order valence-corrected chi connectivity index (χ3v) is 6.03. The zero-order valence-corrected chi connectivity index (χ0v) is 18.3. The van der Waals surface area contributed by atoms with E-state index in [1.807, 2.05) is 53.0 Å². The molecule has 8 heteroatoms. The van der Waals surface area contributed by atoms with Gasteiger partial charge in [-0.2, -0.15) is 5.10 Å². The highest BCUT2D eigenvalue weighted by atomic mass is 16.5. The average Bonchev–Trinajstić information content (AvgIpc) is 3.44. The summed E-state index contributed by atoms with van der Waals surface area (Å²) >= 11 is 0. The number of nitrogens with zero attached hydrogens (tertiary/aromatic N) is 3. The molecule has 8 nitrogen and oxygen atoms in total. The van der Waals surface area contributed by atoms with Crippen LogP contribution in [0.25, 0.3) is 0 Å². The minimum absolute atomic E-state index is 0.0189. The molecule has 1 aromatic heterocycles. The minimum Gasteiger partial charge on any atom is -0.483 e. The van der Waals surface area contributed by atoms with E-state index in [-0.39, 0.29) is 42.0 Å². The molecule has 0 radical (unpaired) electrons. The Morgan fingerprint density at radius 2 is 2.03 bits per heavy atom. The number of fused-ring (bicyclic) bond motifs is 1. The molecule has 0 bridgehead atoms. The predicted octanol–water partition coefficient (Wildman–Crippen LogP) is 2.71. The number of allylic oxidation sites excluding steroid dienone is 1. The Labute approximate surface area is 187 Å². The van der Waals surface area contributed by atoms with Crippen LogP contribution < -0.4 is 0 Å². The Bertz CT molecular complexity index is 956. The summed E-state index contributed by atoms with van der Waals surface area (Å²) in [6, 6.07) is 9.60. The van der Waals surface area contributed by atoms with Gasteiger partial charge in [-0.1, -0.05) is 31.2 Å². The lowest BCUT2D eigenvalue weighted by atomic mass is 9.72. The fraction of sp³-hybridized carbons (Fsp3) is 0.417. The van der Waals surface area contributed by atoms with E-state index in [0.29, 0.717) is 31.8 Å². The lowest BCUT2D eigenvalue weighted by molar-refractivity contribution is -0.152. The largest absolute Gasteiger partial charge is 0.483 e. The quantitative estimate of drug-likeness (QED) is 0.437. The molecular formula is C24H29N3O5. The first-order valence-electron chi connectivity index (χ1n) is 10.8. The second kappa shape index (κ2) is 10.7. The first-order chi connectivity index (χ1) is 15.5. The van der Waals surface area contributed by atoms with Crippen LogP contribution in [0.5, 0.6) is 0 Å². The summed E-state index contributed by atoms with van der Waals surface area (Å²) in [5, 5.41) is 11.1. The number of esters is 1. The highest BCUT2D eigenvalue weighted by Gasteiger charge is 2.46. The summed E-state index contributed by atoms with van der Waals surface area (Å²) in [6.07, 6.45) is 7.92. The van der Waals surface area contributed by atoms with Crippen molar-refractivity contribution in [3.63, 3.8) is 0 Å². The molecule has 4 atom stereocenters. The van der Waals surface area contributed by atoms with Crippen molar-refractivity contribution in [2.75, 3.05) is 19.7 Å². The smallest absolute Gasteiger partial charge is 0.309 e. The Balaban J connectivity index is 0.000000913. The van der Waals surface area contributed by atoms with Crippen molar-refractivity contribution in [2.24, 2.45) is 23.7 Å². The van der Waals surface area contributed by atoms with Gasteiger partial charge in [0.2, 0.25) is 0 Å². The van der Waals surface area contributed by atoms with Crippen molar-refractivity contribution >= 4 is 18.3 Å². The van der Waals surface area contributed by atoms with E-state index >= 15 is 0 Å². The average molecular weight is 440 g/mol. The summed E-state index contributed by atoms with van der Waals surface area (Å²) in [5.41, 5.74) is 1.71. The molecule has 170 valence electrons. The summed E-state index contributed by atoms with van der Waals surface area (Å²) < 4.78 is 7.16. The van der Waals surface area contributed by atoms with Gasteiger partial charge in [0.05, 0.1) is 19.1 Å². The molecule has 0 saturated carbocycles. The third kappa shape index (κ3) is 5.25. The zero-order chi connectivity index (χ0) is 23.1.